The summed E-state index contributed by atoms with van der Waals surface area (Å²) < 4.78 is 0. The van der Waals surface area contributed by atoms with Crippen molar-refractivity contribution in [2.24, 2.45) is 5.41 Å². The predicted molar refractivity (Wildman–Crippen MR) is 198 cm³/mol. The number of nitrogens with zero attached hydrogens (tertiary/aromatic N) is 1. The van der Waals surface area contributed by atoms with E-state index in [-0.39, 0.29) is 24.4 Å². The van der Waals surface area contributed by atoms with Crippen molar-refractivity contribution in [3.8, 4) is 0 Å². The lowest BCUT2D eigenvalue weighted by atomic mass is 9.73. The molecule has 0 saturated heterocycles. The van der Waals surface area contributed by atoms with Crippen LogP contribution in [0.2, 0.25) is 0 Å². The maximum Gasteiger partial charge on any atom is 0.244 e. The third-order valence-electron chi connectivity index (χ3n) is 9.74. The quantitative estimate of drug-likeness (QED) is 0.0314. The topological polar surface area (TPSA) is 77.8 Å². The predicted octanol–water partition coefficient (Wildman–Crippen LogP) is 11.4. The summed E-state index contributed by atoms with van der Waals surface area (Å²) in [6.07, 6.45) is 40.2. The smallest absolute Gasteiger partial charge is 0.244 e. The minimum atomic E-state index is -2.51. The number of carbonyl (C=O) groups excluding carboxylic acids is 2. The molecule has 0 aliphatic rings. The first-order valence-corrected chi connectivity index (χ1v) is 19.6. The fourth-order valence-corrected chi connectivity index (χ4v) is 6.19. The second-order valence-electron chi connectivity index (χ2n) is 14.2. The van der Waals surface area contributed by atoms with Gasteiger partial charge in [0, 0.05) is 12.8 Å². The molecule has 0 bridgehead atoms. The second-order valence-corrected chi connectivity index (χ2v) is 14.2. The molecular formula is C41H77NO4. The van der Waals surface area contributed by atoms with Gasteiger partial charge in [0.25, 0.3) is 0 Å². The van der Waals surface area contributed by atoms with Crippen molar-refractivity contribution in [2.75, 3.05) is 14.1 Å². The summed E-state index contributed by atoms with van der Waals surface area (Å²) in [5, 5.41) is 21.9. The molecule has 46 heavy (non-hydrogen) atoms. The van der Waals surface area contributed by atoms with Gasteiger partial charge in [-0.25, -0.2) is 0 Å². The van der Waals surface area contributed by atoms with E-state index in [1.165, 1.54) is 116 Å². The van der Waals surface area contributed by atoms with Crippen LogP contribution in [0, 0.1) is 5.41 Å². The first kappa shape index (κ1) is 44.7. The molecule has 0 rings (SSSR count). The number of ketones is 2. The van der Waals surface area contributed by atoms with Crippen LogP contribution >= 0.6 is 0 Å². The largest absolute Gasteiger partial charge is 0.352 e. The highest BCUT2D eigenvalue weighted by atomic mass is 16.5. The van der Waals surface area contributed by atoms with E-state index in [1.807, 2.05) is 0 Å². The van der Waals surface area contributed by atoms with Crippen LogP contribution in [0.4, 0.5) is 0 Å². The first-order chi connectivity index (χ1) is 22.2. The highest BCUT2D eigenvalue weighted by Crippen LogP contribution is 2.37. The van der Waals surface area contributed by atoms with E-state index >= 15 is 0 Å². The fraction of sp³-hybridized carbons (Fsp3) is 0.854. The zero-order valence-electron chi connectivity index (χ0n) is 31.3. The van der Waals surface area contributed by atoms with Gasteiger partial charge in [0.05, 0.1) is 0 Å². The number of hydrogen-bond acceptors (Lipinski definition) is 5. The van der Waals surface area contributed by atoms with Crippen LogP contribution in [0.25, 0.3) is 0 Å². The first-order valence-electron chi connectivity index (χ1n) is 19.6. The highest BCUT2D eigenvalue weighted by molar-refractivity contribution is 6.07. The number of unbranched alkanes of at least 4 members (excludes halogenated alkanes) is 22. The second kappa shape index (κ2) is 29.8. The molecular weight excluding hydrogens is 570 g/mol. The normalized spacial score (nSPS) is 12.7. The molecule has 5 nitrogen and oxygen atoms in total. The SMILES string of the molecule is CCCCCCCC/C=C\CCCCCCCC(=O)C(C)(C(=O)CCCCCCC/C=C\CCCCCCCC)C(O)(O)N(C)C. The molecule has 5 heteroatoms. The molecule has 270 valence electrons. The van der Waals surface area contributed by atoms with E-state index < -0.39 is 11.3 Å². The number of aliphatic hydroxyl groups is 2. The van der Waals surface area contributed by atoms with E-state index in [0.717, 1.165) is 64.2 Å². The van der Waals surface area contributed by atoms with Crippen LogP contribution in [0.1, 0.15) is 201 Å². The zero-order valence-corrected chi connectivity index (χ0v) is 31.3. The highest BCUT2D eigenvalue weighted by Gasteiger charge is 2.57. The van der Waals surface area contributed by atoms with E-state index in [1.54, 1.807) is 0 Å². The molecule has 0 unspecified atom stereocenters. The van der Waals surface area contributed by atoms with Crippen LogP contribution < -0.4 is 0 Å². The summed E-state index contributed by atoms with van der Waals surface area (Å²) in [5.41, 5.74) is -1.85. The van der Waals surface area contributed by atoms with Crippen LogP contribution in [-0.2, 0) is 9.59 Å². The summed E-state index contributed by atoms with van der Waals surface area (Å²) in [7, 11) is 3.01. The van der Waals surface area contributed by atoms with Crippen LogP contribution in [0.15, 0.2) is 24.3 Å². The number of hydrogen-bond donors (Lipinski definition) is 2. The fourth-order valence-electron chi connectivity index (χ4n) is 6.19. The van der Waals surface area contributed by atoms with Crippen molar-refractivity contribution < 1.29 is 19.8 Å². The number of rotatable bonds is 34. The molecule has 0 radical (unpaired) electrons. The number of Topliss-reactive ketones (excluding diaryl/α,β-unsaturated/α-hetero) is 2. The molecule has 0 fully saturated rings. The number of carbonyl (C=O) groups is 2. The summed E-state index contributed by atoms with van der Waals surface area (Å²) in [6, 6.07) is 0. The minimum Gasteiger partial charge on any atom is -0.352 e. The average molecular weight is 648 g/mol. The Hall–Kier alpha value is -1.30. The van der Waals surface area contributed by atoms with Gasteiger partial charge >= 0.3 is 0 Å². The van der Waals surface area contributed by atoms with Gasteiger partial charge in [0.2, 0.25) is 5.91 Å². The maximum atomic E-state index is 13.4. The molecule has 0 amide bonds. The molecule has 0 aromatic carbocycles. The Morgan fingerprint density at radius 1 is 0.478 bits per heavy atom. The van der Waals surface area contributed by atoms with Gasteiger partial charge < -0.3 is 10.2 Å². The van der Waals surface area contributed by atoms with Gasteiger partial charge in [-0.05, 0) is 85.2 Å². The minimum absolute atomic E-state index is 0.198. The van der Waals surface area contributed by atoms with Crippen molar-refractivity contribution >= 4 is 11.6 Å². The summed E-state index contributed by atoms with van der Waals surface area (Å²) in [5.74, 6) is -3.23. The van der Waals surface area contributed by atoms with Gasteiger partial charge in [0.15, 0.2) is 17.0 Å². The lowest BCUT2D eigenvalue weighted by Gasteiger charge is -2.42. The molecule has 0 atom stereocenters. The van der Waals surface area contributed by atoms with Crippen molar-refractivity contribution in [1.82, 2.24) is 4.90 Å². The third kappa shape index (κ3) is 20.8. The number of allylic oxidation sites excluding steroid dienone is 4. The van der Waals surface area contributed by atoms with E-state index in [0.29, 0.717) is 12.8 Å². The molecule has 0 saturated carbocycles. The summed E-state index contributed by atoms with van der Waals surface area (Å²) >= 11 is 0. The Kier molecular flexibility index (Phi) is 29.0. The van der Waals surface area contributed by atoms with Crippen LogP contribution in [-0.4, -0.2) is 46.7 Å². The lowest BCUT2D eigenvalue weighted by molar-refractivity contribution is -0.296. The molecule has 0 spiro atoms. The van der Waals surface area contributed by atoms with Gasteiger partial charge in [0.1, 0.15) is 0 Å². The average Bonchev–Trinajstić information content (AvgIpc) is 3.03. The zero-order chi connectivity index (χ0) is 34.4. The van der Waals surface area contributed by atoms with Crippen LogP contribution in [0.3, 0.4) is 0 Å². The van der Waals surface area contributed by atoms with E-state index in [9.17, 15) is 19.8 Å². The summed E-state index contributed by atoms with van der Waals surface area (Å²) in [4.78, 5) is 27.9. The molecule has 0 aliphatic carbocycles. The monoisotopic (exact) mass is 648 g/mol. The Morgan fingerprint density at radius 3 is 1.02 bits per heavy atom. The van der Waals surface area contributed by atoms with Crippen molar-refractivity contribution in [3.63, 3.8) is 0 Å². The lowest BCUT2D eigenvalue weighted by Crippen LogP contribution is -2.63. The van der Waals surface area contributed by atoms with Crippen molar-refractivity contribution in [1.29, 1.82) is 0 Å². The Bertz CT molecular complexity index is 733. The molecule has 0 heterocycles. The van der Waals surface area contributed by atoms with E-state index in [4.69, 9.17) is 0 Å². The molecule has 2 N–H and O–H groups in total. The van der Waals surface area contributed by atoms with Gasteiger partial charge in [-0.15, -0.1) is 0 Å². The van der Waals surface area contributed by atoms with Gasteiger partial charge in [-0.2, -0.15) is 0 Å². The van der Waals surface area contributed by atoms with E-state index in [2.05, 4.69) is 38.2 Å². The molecule has 0 aromatic rings. The van der Waals surface area contributed by atoms with Gasteiger partial charge in [-0.3, -0.25) is 14.5 Å². The van der Waals surface area contributed by atoms with Crippen molar-refractivity contribution in [2.45, 2.75) is 206 Å². The molecule has 0 aliphatic heterocycles. The Morgan fingerprint density at radius 2 is 0.739 bits per heavy atom. The van der Waals surface area contributed by atoms with Crippen LogP contribution in [0.5, 0.6) is 0 Å². The van der Waals surface area contributed by atoms with Gasteiger partial charge in [-0.1, -0.05) is 141 Å². The molecule has 0 aromatic heterocycles. The standard InChI is InChI=1S/C41H77NO4/c1-6-8-10-12-14-16-18-20-22-24-26-28-30-32-34-36-38(43)40(3,41(45,46)42(4)5)39(44)37-35-33-31-29-27-25-23-21-19-17-15-13-11-9-7-2/h20-23,45-46H,6-19,24-37H2,1-5H3/b22-20-,23-21-. The van der Waals surface area contributed by atoms with Crippen molar-refractivity contribution in [3.05, 3.63) is 24.3 Å². The maximum absolute atomic E-state index is 13.4. The Labute approximate surface area is 286 Å². The third-order valence-corrected chi connectivity index (χ3v) is 9.74. The Balaban J connectivity index is 4.28. The summed E-state index contributed by atoms with van der Waals surface area (Å²) in [6.45, 7) is 5.95.